The Kier molecular flexibility index (Phi) is 4.83. The van der Waals surface area contributed by atoms with E-state index in [1.54, 1.807) is 0 Å². The number of halogens is 3. The number of alkyl halides is 3. The van der Waals surface area contributed by atoms with Gasteiger partial charge in [-0.25, -0.2) is 0 Å². The molecule has 0 rings (SSSR count). The number of hydrogen-bond acceptors (Lipinski definition) is 4. The van der Waals surface area contributed by atoms with Crippen LogP contribution in [0.4, 0.5) is 0 Å². The molecule has 0 aliphatic rings. The van der Waals surface area contributed by atoms with E-state index in [-0.39, 0.29) is 0 Å². The Morgan fingerprint density at radius 2 is 1.75 bits per heavy atom. The summed E-state index contributed by atoms with van der Waals surface area (Å²) in [6.07, 6.45) is 0. The molecule has 0 aliphatic carbocycles. The minimum Gasteiger partial charge on any atom is -0.361 e. The molecular weight excluding hydrogens is 249 g/mol. The van der Waals surface area contributed by atoms with E-state index in [2.05, 4.69) is 9.05 Å². The summed E-state index contributed by atoms with van der Waals surface area (Å²) < 4.78 is 17.9. The van der Waals surface area contributed by atoms with Gasteiger partial charge >= 0.3 is 7.60 Å². The average Bonchev–Trinajstić information content (AvgIpc) is 2.00. The Morgan fingerprint density at radius 1 is 1.42 bits per heavy atom. The molecule has 12 heavy (non-hydrogen) atoms. The summed E-state index contributed by atoms with van der Waals surface area (Å²) in [7, 11) is -1.42. The van der Waals surface area contributed by atoms with Crippen LogP contribution in [-0.4, -0.2) is 29.0 Å². The minimum absolute atomic E-state index is 1.11. The fraction of sp³-hybridized carbons (Fsp3) is 1.00. The molecule has 0 saturated heterocycles. The van der Waals surface area contributed by atoms with Crippen molar-refractivity contribution in [2.45, 2.75) is 9.64 Å². The average molecular weight is 257 g/mol. The molecular formula is C4H8Cl3O4P. The van der Waals surface area contributed by atoms with Crippen molar-refractivity contribution in [1.29, 1.82) is 0 Å². The summed E-state index contributed by atoms with van der Waals surface area (Å²) in [5, 5.41) is 7.41. The van der Waals surface area contributed by atoms with Gasteiger partial charge in [0.25, 0.3) is 0 Å². The van der Waals surface area contributed by atoms with E-state index in [1.807, 2.05) is 0 Å². The van der Waals surface area contributed by atoms with Gasteiger partial charge in [0.15, 0.2) is 5.12 Å². The first-order chi connectivity index (χ1) is 5.28. The highest BCUT2D eigenvalue weighted by Crippen LogP contribution is 2.58. The van der Waals surface area contributed by atoms with E-state index in [4.69, 9.17) is 39.9 Å². The van der Waals surface area contributed by atoms with Crippen LogP contribution in [0.5, 0.6) is 0 Å². The molecule has 0 fully saturated rings. The maximum Gasteiger partial charge on any atom is 0.353 e. The smallest absolute Gasteiger partial charge is 0.353 e. The molecule has 0 spiro atoms. The van der Waals surface area contributed by atoms with Crippen LogP contribution >= 0.6 is 42.4 Å². The van der Waals surface area contributed by atoms with Crippen LogP contribution in [0.3, 0.4) is 0 Å². The number of rotatable bonds is 4. The standard InChI is InChI=1S/C4H8Cl3O4P/c1-10-12(9,11-2)3(5)4(6,7)8/h3,8H,1-2H3. The highest BCUT2D eigenvalue weighted by atomic mass is 35.5. The Balaban J connectivity index is 4.66. The molecule has 4 nitrogen and oxygen atoms in total. The van der Waals surface area contributed by atoms with E-state index in [9.17, 15) is 4.57 Å². The zero-order chi connectivity index (χ0) is 9.99. The molecule has 0 aromatic rings. The first kappa shape index (κ1) is 13.0. The molecule has 0 radical (unpaired) electrons. The highest BCUT2D eigenvalue weighted by Gasteiger charge is 2.46. The SMILES string of the molecule is COP(=O)(OC)C(Cl)C(O)(Cl)Cl. The summed E-state index contributed by atoms with van der Waals surface area (Å²) >= 11 is 15.8. The quantitative estimate of drug-likeness (QED) is 0.619. The molecule has 1 unspecified atom stereocenters. The van der Waals surface area contributed by atoms with E-state index < -0.39 is 17.2 Å². The van der Waals surface area contributed by atoms with Crippen LogP contribution in [0.25, 0.3) is 0 Å². The van der Waals surface area contributed by atoms with Crippen molar-refractivity contribution in [3.8, 4) is 0 Å². The highest BCUT2D eigenvalue weighted by molar-refractivity contribution is 7.57. The lowest BCUT2D eigenvalue weighted by molar-refractivity contribution is 0.202. The van der Waals surface area contributed by atoms with E-state index in [0.29, 0.717) is 0 Å². The fourth-order valence-electron chi connectivity index (χ4n) is 0.450. The molecule has 8 heteroatoms. The molecule has 74 valence electrons. The third-order valence-electron chi connectivity index (χ3n) is 1.07. The zero-order valence-electron chi connectivity index (χ0n) is 6.33. The Labute approximate surface area is 85.2 Å². The van der Waals surface area contributed by atoms with Crippen LogP contribution in [0.1, 0.15) is 0 Å². The topological polar surface area (TPSA) is 55.8 Å². The fourth-order valence-corrected chi connectivity index (χ4v) is 2.54. The van der Waals surface area contributed by atoms with Crippen molar-refractivity contribution in [2.75, 3.05) is 14.2 Å². The van der Waals surface area contributed by atoms with Gasteiger partial charge in [-0.2, -0.15) is 0 Å². The summed E-state index contributed by atoms with van der Waals surface area (Å²) in [6.45, 7) is 0. The van der Waals surface area contributed by atoms with Crippen molar-refractivity contribution in [1.82, 2.24) is 0 Å². The lowest BCUT2D eigenvalue weighted by Gasteiger charge is -2.24. The predicted octanol–water partition coefficient (Wildman–Crippen LogP) is 2.16. The molecule has 0 bridgehead atoms. The third kappa shape index (κ3) is 3.04. The monoisotopic (exact) mass is 256 g/mol. The molecule has 0 amide bonds. The van der Waals surface area contributed by atoms with Crippen molar-refractivity contribution >= 4 is 42.4 Å². The lowest BCUT2D eigenvalue weighted by Crippen LogP contribution is -2.26. The second-order valence-corrected chi connectivity index (χ2v) is 6.24. The molecule has 0 aromatic carbocycles. The summed E-state index contributed by atoms with van der Waals surface area (Å²) in [6, 6.07) is 0. The van der Waals surface area contributed by atoms with Crippen molar-refractivity contribution in [3.63, 3.8) is 0 Å². The summed E-state index contributed by atoms with van der Waals surface area (Å²) in [5.74, 6) is 0. The van der Waals surface area contributed by atoms with Crippen molar-refractivity contribution in [3.05, 3.63) is 0 Å². The van der Waals surface area contributed by atoms with Gasteiger partial charge in [-0.3, -0.25) is 4.57 Å². The minimum atomic E-state index is -3.64. The zero-order valence-corrected chi connectivity index (χ0v) is 9.49. The Bertz CT molecular complexity index is 183. The molecule has 1 atom stereocenters. The van der Waals surface area contributed by atoms with Crippen molar-refractivity contribution < 1.29 is 18.7 Å². The number of aliphatic hydroxyl groups is 1. The maximum atomic E-state index is 11.4. The van der Waals surface area contributed by atoms with Crippen molar-refractivity contribution in [2.24, 2.45) is 0 Å². The second kappa shape index (κ2) is 4.47. The Hall–Kier alpha value is 0.980. The van der Waals surface area contributed by atoms with Crippen LogP contribution in [0.2, 0.25) is 0 Å². The van der Waals surface area contributed by atoms with E-state index in [0.717, 1.165) is 14.2 Å². The van der Waals surface area contributed by atoms with Gasteiger partial charge in [0, 0.05) is 14.2 Å². The number of hydrogen-bond donors (Lipinski definition) is 1. The lowest BCUT2D eigenvalue weighted by atomic mass is 10.8. The van der Waals surface area contributed by atoms with E-state index >= 15 is 0 Å². The first-order valence-electron chi connectivity index (χ1n) is 2.73. The maximum absolute atomic E-state index is 11.4. The Morgan fingerprint density at radius 3 is 1.83 bits per heavy atom. The van der Waals surface area contributed by atoms with Gasteiger partial charge in [-0.1, -0.05) is 23.2 Å². The molecule has 1 N–H and O–H groups in total. The van der Waals surface area contributed by atoms with Gasteiger partial charge in [0.05, 0.1) is 0 Å². The molecule has 0 aliphatic heterocycles. The largest absolute Gasteiger partial charge is 0.361 e. The van der Waals surface area contributed by atoms with Crippen LogP contribution < -0.4 is 0 Å². The summed E-state index contributed by atoms with van der Waals surface area (Å²) in [4.78, 5) is 0. The first-order valence-corrected chi connectivity index (χ1v) is 5.54. The normalized spacial score (nSPS) is 16.2. The van der Waals surface area contributed by atoms with Gasteiger partial charge < -0.3 is 14.2 Å². The van der Waals surface area contributed by atoms with Crippen LogP contribution in [-0.2, 0) is 13.6 Å². The van der Waals surface area contributed by atoms with Gasteiger partial charge in [-0.15, -0.1) is 11.6 Å². The van der Waals surface area contributed by atoms with Gasteiger partial charge in [0.2, 0.25) is 4.52 Å². The third-order valence-corrected chi connectivity index (χ3v) is 5.02. The molecule has 0 saturated carbocycles. The molecule has 0 aromatic heterocycles. The van der Waals surface area contributed by atoms with Crippen LogP contribution in [0, 0.1) is 0 Å². The predicted molar refractivity (Wildman–Crippen MR) is 47.9 cm³/mol. The van der Waals surface area contributed by atoms with E-state index in [1.165, 1.54) is 0 Å². The summed E-state index contributed by atoms with van der Waals surface area (Å²) in [5.41, 5.74) is 0. The second-order valence-electron chi connectivity index (χ2n) is 1.83. The molecule has 0 heterocycles. The van der Waals surface area contributed by atoms with Gasteiger partial charge in [0.1, 0.15) is 0 Å². The van der Waals surface area contributed by atoms with Gasteiger partial charge in [-0.05, 0) is 0 Å². The van der Waals surface area contributed by atoms with Crippen LogP contribution in [0.15, 0.2) is 0 Å².